The van der Waals surface area contributed by atoms with Gasteiger partial charge in [-0.1, -0.05) is 0 Å². The van der Waals surface area contributed by atoms with E-state index < -0.39 is 23.6 Å². The Hall–Kier alpha value is -1.81. The van der Waals surface area contributed by atoms with Crippen molar-refractivity contribution in [3.63, 3.8) is 0 Å². The lowest BCUT2D eigenvalue weighted by atomic mass is 10.1. The Kier molecular flexibility index (Phi) is 4.45. The van der Waals surface area contributed by atoms with E-state index in [1.165, 1.54) is 4.90 Å². The number of aliphatic carboxylic acids is 1. The number of carboxylic acids is 1. The van der Waals surface area contributed by atoms with Crippen LogP contribution in [0.1, 0.15) is 12.0 Å². The Labute approximate surface area is 119 Å². The van der Waals surface area contributed by atoms with Crippen LogP contribution in [0, 0.1) is 23.0 Å². The van der Waals surface area contributed by atoms with E-state index in [1.54, 1.807) is 17.8 Å². The number of nitriles is 1. The molecule has 1 atom stereocenters. The maximum atomic E-state index is 14.0. The molecule has 0 saturated carbocycles. The second kappa shape index (κ2) is 6.09. The van der Waals surface area contributed by atoms with Crippen LogP contribution in [-0.4, -0.2) is 35.2 Å². The molecule has 1 aliphatic rings. The van der Waals surface area contributed by atoms with E-state index >= 15 is 0 Å². The normalized spacial score (nSPS) is 18.6. The molecule has 1 saturated heterocycles. The van der Waals surface area contributed by atoms with E-state index in [1.807, 2.05) is 0 Å². The van der Waals surface area contributed by atoms with Gasteiger partial charge >= 0.3 is 5.97 Å². The fourth-order valence-electron chi connectivity index (χ4n) is 2.22. The van der Waals surface area contributed by atoms with E-state index in [0.29, 0.717) is 18.1 Å². The van der Waals surface area contributed by atoms with Gasteiger partial charge in [0.1, 0.15) is 5.69 Å². The predicted octanol–water partition coefficient (Wildman–Crippen LogP) is 2.23. The summed E-state index contributed by atoms with van der Waals surface area (Å²) in [6, 6.07) is 3.17. The third kappa shape index (κ3) is 3.02. The minimum atomic E-state index is -1.00. The van der Waals surface area contributed by atoms with Gasteiger partial charge in [-0.3, -0.25) is 4.79 Å². The van der Waals surface area contributed by atoms with Crippen LogP contribution in [0.3, 0.4) is 0 Å². The second-order valence-electron chi connectivity index (χ2n) is 4.42. The summed E-state index contributed by atoms with van der Waals surface area (Å²) in [4.78, 5) is 12.3. The van der Waals surface area contributed by atoms with Crippen LogP contribution in [-0.2, 0) is 4.79 Å². The molecule has 0 amide bonds. The van der Waals surface area contributed by atoms with Gasteiger partial charge in [0.2, 0.25) is 0 Å². The summed E-state index contributed by atoms with van der Waals surface area (Å²) in [5.41, 5.74) is -0.333. The standard InChI is InChI=1S/C13H12F2N2O2S/c14-10-3-8(6-16)4-11(15)13(10)17-1-2-20-7-9(17)5-12(18)19/h3-4,9H,1-2,5,7H2,(H,18,19). The molecule has 1 aromatic rings. The fraction of sp³-hybridized carbons (Fsp3) is 0.385. The zero-order valence-electron chi connectivity index (χ0n) is 10.5. The van der Waals surface area contributed by atoms with Crippen LogP contribution in [0.5, 0.6) is 0 Å². The van der Waals surface area contributed by atoms with Crippen molar-refractivity contribution < 1.29 is 18.7 Å². The first-order valence-corrected chi connectivity index (χ1v) is 7.13. The first-order chi connectivity index (χ1) is 9.52. The lowest BCUT2D eigenvalue weighted by Crippen LogP contribution is -2.44. The number of carboxylic acid groups (broad SMARTS) is 1. The quantitative estimate of drug-likeness (QED) is 0.927. The molecule has 1 aliphatic heterocycles. The van der Waals surface area contributed by atoms with Crippen molar-refractivity contribution in [2.24, 2.45) is 0 Å². The molecule has 1 N–H and O–H groups in total. The number of carbonyl (C=O) groups is 1. The highest BCUT2D eigenvalue weighted by molar-refractivity contribution is 7.99. The maximum absolute atomic E-state index is 14.0. The lowest BCUT2D eigenvalue weighted by molar-refractivity contribution is -0.137. The number of rotatable bonds is 3. The van der Waals surface area contributed by atoms with Crippen molar-refractivity contribution in [2.45, 2.75) is 12.5 Å². The zero-order valence-corrected chi connectivity index (χ0v) is 11.3. The van der Waals surface area contributed by atoms with E-state index in [2.05, 4.69) is 0 Å². The molecular formula is C13H12F2N2O2S. The van der Waals surface area contributed by atoms with Crippen LogP contribution in [0.25, 0.3) is 0 Å². The number of hydrogen-bond acceptors (Lipinski definition) is 4. The summed E-state index contributed by atoms with van der Waals surface area (Å²) in [7, 11) is 0. The van der Waals surface area contributed by atoms with E-state index in [-0.39, 0.29) is 17.7 Å². The molecule has 1 fully saturated rings. The van der Waals surface area contributed by atoms with Gasteiger partial charge in [-0.15, -0.1) is 0 Å². The van der Waals surface area contributed by atoms with Crippen LogP contribution in [0.15, 0.2) is 12.1 Å². The first kappa shape index (κ1) is 14.6. The number of anilines is 1. The minimum Gasteiger partial charge on any atom is -0.481 e. The molecule has 0 aliphatic carbocycles. The SMILES string of the molecule is N#Cc1cc(F)c(N2CCSCC2CC(=O)O)c(F)c1. The van der Waals surface area contributed by atoms with Gasteiger partial charge in [0, 0.05) is 24.1 Å². The predicted molar refractivity (Wildman–Crippen MR) is 71.8 cm³/mol. The molecule has 0 spiro atoms. The molecule has 7 heteroatoms. The van der Waals surface area contributed by atoms with Crippen molar-refractivity contribution in [1.29, 1.82) is 5.26 Å². The summed E-state index contributed by atoms with van der Waals surface area (Å²) < 4.78 is 28.0. The third-order valence-electron chi connectivity index (χ3n) is 3.07. The van der Waals surface area contributed by atoms with Crippen molar-refractivity contribution in [1.82, 2.24) is 0 Å². The Balaban J connectivity index is 2.37. The summed E-state index contributed by atoms with van der Waals surface area (Å²) in [6.07, 6.45) is -0.175. The number of hydrogen-bond donors (Lipinski definition) is 1. The molecule has 0 aromatic heterocycles. The Morgan fingerprint density at radius 1 is 1.50 bits per heavy atom. The maximum Gasteiger partial charge on any atom is 0.305 e. The number of halogens is 2. The van der Waals surface area contributed by atoms with E-state index in [9.17, 15) is 13.6 Å². The van der Waals surface area contributed by atoms with Gasteiger partial charge in [0.25, 0.3) is 0 Å². The number of benzene rings is 1. The number of thioether (sulfide) groups is 1. The average molecular weight is 298 g/mol. The highest BCUT2D eigenvalue weighted by atomic mass is 32.2. The van der Waals surface area contributed by atoms with Gasteiger partial charge in [0.15, 0.2) is 11.6 Å². The summed E-state index contributed by atoms with van der Waals surface area (Å²) in [5.74, 6) is -1.48. The van der Waals surface area contributed by atoms with Gasteiger partial charge in [-0.2, -0.15) is 17.0 Å². The minimum absolute atomic E-state index is 0.0927. The molecule has 1 heterocycles. The second-order valence-corrected chi connectivity index (χ2v) is 5.57. The summed E-state index contributed by atoms with van der Waals surface area (Å²) in [5, 5.41) is 17.6. The van der Waals surface area contributed by atoms with Crippen molar-refractivity contribution in [2.75, 3.05) is 23.0 Å². The highest BCUT2D eigenvalue weighted by Gasteiger charge is 2.29. The molecule has 1 unspecified atom stereocenters. The van der Waals surface area contributed by atoms with Crippen LogP contribution >= 0.6 is 11.8 Å². The smallest absolute Gasteiger partial charge is 0.305 e. The topological polar surface area (TPSA) is 64.3 Å². The van der Waals surface area contributed by atoms with E-state index in [0.717, 1.165) is 12.1 Å². The van der Waals surface area contributed by atoms with Crippen molar-refractivity contribution >= 4 is 23.4 Å². The molecule has 0 bridgehead atoms. The highest BCUT2D eigenvalue weighted by Crippen LogP contribution is 2.31. The molecule has 0 radical (unpaired) electrons. The fourth-order valence-corrected chi connectivity index (χ4v) is 3.29. The van der Waals surface area contributed by atoms with Crippen molar-refractivity contribution in [3.8, 4) is 6.07 Å². The van der Waals surface area contributed by atoms with Crippen LogP contribution < -0.4 is 4.90 Å². The Morgan fingerprint density at radius 2 is 2.15 bits per heavy atom. The molecule has 2 rings (SSSR count). The van der Waals surface area contributed by atoms with Gasteiger partial charge in [-0.25, -0.2) is 8.78 Å². The van der Waals surface area contributed by atoms with Crippen LogP contribution in [0.4, 0.5) is 14.5 Å². The van der Waals surface area contributed by atoms with E-state index in [4.69, 9.17) is 10.4 Å². The average Bonchev–Trinajstić information content (AvgIpc) is 2.39. The zero-order chi connectivity index (χ0) is 14.7. The Morgan fingerprint density at radius 3 is 2.70 bits per heavy atom. The monoisotopic (exact) mass is 298 g/mol. The van der Waals surface area contributed by atoms with Crippen molar-refractivity contribution in [3.05, 3.63) is 29.3 Å². The molecule has 4 nitrogen and oxygen atoms in total. The number of nitrogens with zero attached hydrogens (tertiary/aromatic N) is 2. The summed E-state index contributed by atoms with van der Waals surface area (Å²) in [6.45, 7) is 0.377. The molecule has 106 valence electrons. The largest absolute Gasteiger partial charge is 0.481 e. The third-order valence-corrected chi connectivity index (χ3v) is 4.16. The van der Waals surface area contributed by atoms with Gasteiger partial charge < -0.3 is 10.0 Å². The summed E-state index contributed by atoms with van der Waals surface area (Å²) >= 11 is 1.56. The Bertz CT molecular complexity index is 551. The molecule has 1 aromatic carbocycles. The first-order valence-electron chi connectivity index (χ1n) is 5.98. The lowest BCUT2D eigenvalue weighted by Gasteiger charge is -2.36. The molecular weight excluding hydrogens is 286 g/mol. The molecule has 20 heavy (non-hydrogen) atoms. The van der Waals surface area contributed by atoms with Gasteiger partial charge in [-0.05, 0) is 12.1 Å². The van der Waals surface area contributed by atoms with Crippen LogP contribution in [0.2, 0.25) is 0 Å². The van der Waals surface area contributed by atoms with Gasteiger partial charge in [0.05, 0.1) is 18.1 Å².